The fourth-order valence-corrected chi connectivity index (χ4v) is 3.73. The van der Waals surface area contributed by atoms with E-state index in [1.807, 2.05) is 6.07 Å². The van der Waals surface area contributed by atoms with E-state index in [0.29, 0.717) is 29.6 Å². The molecule has 1 aromatic heterocycles. The summed E-state index contributed by atoms with van der Waals surface area (Å²) in [5.41, 5.74) is 0.362. The molecule has 1 aliphatic carbocycles. The van der Waals surface area contributed by atoms with Gasteiger partial charge in [-0.1, -0.05) is 13.0 Å². The number of amides is 1. The highest BCUT2D eigenvalue weighted by molar-refractivity contribution is 5.90. The van der Waals surface area contributed by atoms with Crippen LogP contribution in [0.3, 0.4) is 0 Å². The summed E-state index contributed by atoms with van der Waals surface area (Å²) >= 11 is 0. The van der Waals surface area contributed by atoms with E-state index in [-0.39, 0.29) is 12.5 Å². The summed E-state index contributed by atoms with van der Waals surface area (Å²) in [5.74, 6) is 0.504. The summed E-state index contributed by atoms with van der Waals surface area (Å²) in [4.78, 5) is 24.5. The molecule has 0 saturated heterocycles. The lowest BCUT2D eigenvalue weighted by Crippen LogP contribution is -2.50. The predicted octanol–water partition coefficient (Wildman–Crippen LogP) is 2.01. The maximum atomic E-state index is 12.4. The molecule has 1 heterocycles. The molecule has 1 amide bonds. The maximum Gasteiger partial charge on any atom is 0.338 e. The molecule has 0 aliphatic heterocycles. The number of esters is 1. The Hall–Kier alpha value is -2.81. The fraction of sp³-hybridized carbons (Fsp3) is 0.550. The molecule has 0 unspecified atom stereocenters. The molecule has 9 heteroatoms. The number of benzene rings is 1. The maximum absolute atomic E-state index is 12.4. The second-order valence-electron chi connectivity index (χ2n) is 7.43. The van der Waals surface area contributed by atoms with Crippen LogP contribution in [0.2, 0.25) is 0 Å². The smallest absolute Gasteiger partial charge is 0.338 e. The zero-order valence-electron chi connectivity index (χ0n) is 17.1. The largest absolute Gasteiger partial charge is 0.462 e. The Kier molecular flexibility index (Phi) is 6.58. The molecule has 1 aromatic carbocycles. The molecule has 1 N–H and O–H groups in total. The molecule has 0 atom stereocenters. The Morgan fingerprint density at radius 1 is 1.31 bits per heavy atom. The highest BCUT2D eigenvalue weighted by atomic mass is 16.5. The van der Waals surface area contributed by atoms with Crippen LogP contribution in [-0.2, 0) is 19.8 Å². The predicted molar refractivity (Wildman–Crippen MR) is 104 cm³/mol. The Labute approximate surface area is 169 Å². The van der Waals surface area contributed by atoms with Crippen LogP contribution in [0.1, 0.15) is 55.7 Å². The number of carbonyl (C=O) groups excluding carboxylic acids is 2. The molecule has 1 aliphatic rings. The zero-order chi connectivity index (χ0) is 20.9. The Balaban J connectivity index is 1.98. The average molecular weight is 401 g/mol. The van der Waals surface area contributed by atoms with Crippen LogP contribution in [0, 0.1) is 5.92 Å². The van der Waals surface area contributed by atoms with Gasteiger partial charge in [0.2, 0.25) is 5.91 Å². The number of methoxy groups -OCH3 is 1. The van der Waals surface area contributed by atoms with Crippen LogP contribution in [-0.4, -0.2) is 52.4 Å². The highest BCUT2D eigenvalue weighted by Crippen LogP contribution is 2.39. The number of rotatable bonds is 7. The molecule has 156 valence electrons. The van der Waals surface area contributed by atoms with Gasteiger partial charge in [-0.25, -0.2) is 4.79 Å². The first kappa shape index (κ1) is 20.9. The van der Waals surface area contributed by atoms with Gasteiger partial charge < -0.3 is 14.8 Å². The molecule has 1 saturated carbocycles. The van der Waals surface area contributed by atoms with Gasteiger partial charge >= 0.3 is 5.97 Å². The van der Waals surface area contributed by atoms with Gasteiger partial charge in [-0.3, -0.25) is 4.79 Å². The van der Waals surface area contributed by atoms with Crippen molar-refractivity contribution in [1.29, 1.82) is 0 Å². The molecule has 9 nitrogen and oxygen atoms in total. The van der Waals surface area contributed by atoms with Crippen molar-refractivity contribution < 1.29 is 19.1 Å². The molecule has 0 radical (unpaired) electrons. The van der Waals surface area contributed by atoms with Crippen molar-refractivity contribution in [3.8, 4) is 5.69 Å². The number of tetrazole rings is 1. The normalized spacial score (nSPS) is 21.6. The Morgan fingerprint density at radius 3 is 2.76 bits per heavy atom. The molecule has 0 bridgehead atoms. The summed E-state index contributed by atoms with van der Waals surface area (Å²) in [6.07, 6.45) is 3.34. The van der Waals surface area contributed by atoms with Crippen LogP contribution in [0.5, 0.6) is 0 Å². The van der Waals surface area contributed by atoms with E-state index in [0.717, 1.165) is 25.7 Å². The number of aromatic nitrogens is 4. The quantitative estimate of drug-likeness (QED) is 0.707. The van der Waals surface area contributed by atoms with Gasteiger partial charge in [0.15, 0.2) is 5.82 Å². The Bertz CT molecular complexity index is 858. The monoisotopic (exact) mass is 401 g/mol. The lowest BCUT2D eigenvalue weighted by molar-refractivity contribution is -0.127. The second kappa shape index (κ2) is 9.13. The van der Waals surface area contributed by atoms with Crippen LogP contribution in [0.15, 0.2) is 24.3 Å². The summed E-state index contributed by atoms with van der Waals surface area (Å²) in [6.45, 7) is 4.23. The van der Waals surface area contributed by atoms with Crippen LogP contribution < -0.4 is 5.32 Å². The number of hydrogen-bond acceptors (Lipinski definition) is 7. The van der Waals surface area contributed by atoms with Gasteiger partial charge in [0, 0.05) is 7.11 Å². The van der Waals surface area contributed by atoms with Gasteiger partial charge in [0.05, 0.1) is 17.9 Å². The van der Waals surface area contributed by atoms with E-state index in [1.165, 1.54) is 7.11 Å². The van der Waals surface area contributed by atoms with Gasteiger partial charge in [0.25, 0.3) is 0 Å². The third kappa shape index (κ3) is 4.61. The standard InChI is InChI=1S/C20H27N5O4/c1-4-29-18(27)15-6-5-7-16(12-15)25-19(22-23-24-25)20(21-17(26)13-28-3)10-8-14(2)9-11-20/h5-7,12,14H,4,8-11,13H2,1-3H3,(H,21,26). The molecular formula is C20H27N5O4. The summed E-state index contributed by atoms with van der Waals surface area (Å²) < 4.78 is 11.7. The van der Waals surface area contributed by atoms with E-state index in [4.69, 9.17) is 9.47 Å². The topological polar surface area (TPSA) is 108 Å². The zero-order valence-corrected chi connectivity index (χ0v) is 17.1. The van der Waals surface area contributed by atoms with Gasteiger partial charge in [-0.15, -0.1) is 5.10 Å². The first-order valence-corrected chi connectivity index (χ1v) is 9.85. The minimum absolute atomic E-state index is 0.0305. The number of hydrogen-bond donors (Lipinski definition) is 1. The molecule has 2 aromatic rings. The van der Waals surface area contributed by atoms with Crippen molar-refractivity contribution in [2.75, 3.05) is 20.3 Å². The van der Waals surface area contributed by atoms with Crippen molar-refractivity contribution in [3.05, 3.63) is 35.7 Å². The molecule has 0 spiro atoms. The van der Waals surface area contributed by atoms with Crippen molar-refractivity contribution in [3.63, 3.8) is 0 Å². The Morgan fingerprint density at radius 2 is 2.07 bits per heavy atom. The van der Waals surface area contributed by atoms with E-state index < -0.39 is 11.5 Å². The number of nitrogens with one attached hydrogen (secondary N) is 1. The third-order valence-electron chi connectivity index (χ3n) is 5.28. The van der Waals surface area contributed by atoms with Crippen molar-refractivity contribution in [2.24, 2.45) is 5.92 Å². The van der Waals surface area contributed by atoms with Crippen LogP contribution in [0.25, 0.3) is 5.69 Å². The lowest BCUT2D eigenvalue weighted by atomic mass is 9.76. The molecule has 29 heavy (non-hydrogen) atoms. The van der Waals surface area contributed by atoms with Crippen molar-refractivity contribution in [2.45, 2.75) is 45.1 Å². The van der Waals surface area contributed by atoms with Crippen molar-refractivity contribution >= 4 is 11.9 Å². The van der Waals surface area contributed by atoms with Crippen LogP contribution >= 0.6 is 0 Å². The summed E-state index contributed by atoms with van der Waals surface area (Å²) in [5, 5.41) is 15.4. The molecular weight excluding hydrogens is 374 g/mol. The van der Waals surface area contributed by atoms with E-state index in [2.05, 4.69) is 27.8 Å². The first-order chi connectivity index (χ1) is 14.0. The lowest BCUT2D eigenvalue weighted by Gasteiger charge is -2.38. The van der Waals surface area contributed by atoms with E-state index in [1.54, 1.807) is 29.8 Å². The number of nitrogens with zero attached hydrogens (tertiary/aromatic N) is 4. The SMILES string of the molecule is CCOC(=O)c1cccc(-n2nnnc2C2(NC(=O)COC)CCC(C)CC2)c1. The minimum atomic E-state index is -0.689. The average Bonchev–Trinajstić information content (AvgIpc) is 3.21. The van der Waals surface area contributed by atoms with Gasteiger partial charge in [0.1, 0.15) is 12.1 Å². The fourth-order valence-electron chi connectivity index (χ4n) is 3.73. The minimum Gasteiger partial charge on any atom is -0.462 e. The molecule has 3 rings (SSSR count). The number of ether oxygens (including phenoxy) is 2. The van der Waals surface area contributed by atoms with E-state index in [9.17, 15) is 9.59 Å². The van der Waals surface area contributed by atoms with Gasteiger partial charge in [-0.2, -0.15) is 4.68 Å². The highest BCUT2D eigenvalue weighted by Gasteiger charge is 2.42. The number of carbonyl (C=O) groups is 2. The summed E-state index contributed by atoms with van der Waals surface area (Å²) in [7, 11) is 1.49. The second-order valence-corrected chi connectivity index (χ2v) is 7.43. The van der Waals surface area contributed by atoms with Gasteiger partial charge in [-0.05, 0) is 67.2 Å². The van der Waals surface area contributed by atoms with Crippen molar-refractivity contribution in [1.82, 2.24) is 25.5 Å². The summed E-state index contributed by atoms with van der Waals surface area (Å²) in [6, 6.07) is 6.95. The molecule has 1 fully saturated rings. The van der Waals surface area contributed by atoms with Crippen LogP contribution in [0.4, 0.5) is 0 Å². The van der Waals surface area contributed by atoms with E-state index >= 15 is 0 Å². The first-order valence-electron chi connectivity index (χ1n) is 9.85. The third-order valence-corrected chi connectivity index (χ3v) is 5.28.